The van der Waals surface area contributed by atoms with Crippen LogP contribution < -0.4 is 33.2 Å². The molecule has 0 aromatic carbocycles. The summed E-state index contributed by atoms with van der Waals surface area (Å²) in [5.41, 5.74) is 16.6. The number of amides is 3. The van der Waals surface area contributed by atoms with Crippen LogP contribution >= 0.6 is 0 Å². The lowest BCUT2D eigenvalue weighted by Gasteiger charge is -2.27. The number of nitrogens with zero attached hydrogens (tertiary/aromatic N) is 1. The third kappa shape index (κ3) is 12.4. The number of aliphatic imine (C=N–C) groups is 1. The molecule has 0 aliphatic rings. The second-order valence-corrected chi connectivity index (χ2v) is 9.68. The maximum absolute atomic E-state index is 13.2. The summed E-state index contributed by atoms with van der Waals surface area (Å²) in [5, 5.41) is 17.4. The Morgan fingerprint density at radius 3 is 1.89 bits per heavy atom. The Hall–Kier alpha value is -2.89. The SMILES string of the molecule is CCC(C)C(NC(=O)C(CC(C)C)NC(=O)C(CCCN=C(N)N)NC(=O)C(N)C(C)C)C(=O)O. The van der Waals surface area contributed by atoms with Gasteiger partial charge in [-0.3, -0.25) is 19.4 Å². The summed E-state index contributed by atoms with van der Waals surface area (Å²) in [6.07, 6.45) is 1.44. The molecule has 0 fully saturated rings. The minimum atomic E-state index is -1.14. The van der Waals surface area contributed by atoms with Crippen molar-refractivity contribution >= 4 is 29.7 Å². The van der Waals surface area contributed by atoms with Gasteiger partial charge in [-0.25, -0.2) is 4.79 Å². The van der Waals surface area contributed by atoms with Gasteiger partial charge in [-0.2, -0.15) is 0 Å². The van der Waals surface area contributed by atoms with Gasteiger partial charge in [-0.1, -0.05) is 48.0 Å². The predicted molar refractivity (Wildman–Crippen MR) is 135 cm³/mol. The van der Waals surface area contributed by atoms with E-state index in [0.29, 0.717) is 12.8 Å². The van der Waals surface area contributed by atoms with Gasteiger partial charge in [0.15, 0.2) is 5.96 Å². The molecule has 0 aromatic heterocycles. The van der Waals surface area contributed by atoms with E-state index in [1.807, 2.05) is 20.8 Å². The fourth-order valence-corrected chi connectivity index (χ4v) is 3.26. The zero-order valence-corrected chi connectivity index (χ0v) is 21.8. The van der Waals surface area contributed by atoms with Crippen molar-refractivity contribution < 1.29 is 24.3 Å². The van der Waals surface area contributed by atoms with Gasteiger partial charge < -0.3 is 38.3 Å². The molecule has 0 spiro atoms. The molecule has 3 amide bonds. The van der Waals surface area contributed by atoms with Gasteiger partial charge in [-0.15, -0.1) is 0 Å². The Morgan fingerprint density at radius 1 is 0.886 bits per heavy atom. The van der Waals surface area contributed by atoms with Crippen molar-refractivity contribution in [2.45, 2.75) is 91.4 Å². The van der Waals surface area contributed by atoms with Crippen LogP contribution in [0.3, 0.4) is 0 Å². The highest BCUT2D eigenvalue weighted by molar-refractivity contribution is 5.94. The highest BCUT2D eigenvalue weighted by Crippen LogP contribution is 2.11. The molecule has 12 heteroatoms. The van der Waals surface area contributed by atoms with Gasteiger partial charge >= 0.3 is 5.97 Å². The first-order valence-corrected chi connectivity index (χ1v) is 12.2. The van der Waals surface area contributed by atoms with Gasteiger partial charge in [0.05, 0.1) is 6.04 Å². The van der Waals surface area contributed by atoms with Crippen LogP contribution in [0.5, 0.6) is 0 Å². The number of carbonyl (C=O) groups excluding carboxylic acids is 3. The van der Waals surface area contributed by atoms with Crippen molar-refractivity contribution in [2.24, 2.45) is 39.9 Å². The Kier molecular flexibility index (Phi) is 14.6. The Balaban J connectivity index is 5.65. The summed E-state index contributed by atoms with van der Waals surface area (Å²) < 4.78 is 0. The highest BCUT2D eigenvalue weighted by Gasteiger charge is 2.32. The van der Waals surface area contributed by atoms with E-state index < -0.39 is 47.9 Å². The van der Waals surface area contributed by atoms with E-state index in [2.05, 4.69) is 20.9 Å². The summed E-state index contributed by atoms with van der Waals surface area (Å²) >= 11 is 0. The molecule has 5 unspecified atom stereocenters. The van der Waals surface area contributed by atoms with Crippen LogP contribution in [0.4, 0.5) is 0 Å². The number of hydrogen-bond acceptors (Lipinski definition) is 6. The molecule has 0 saturated carbocycles. The van der Waals surface area contributed by atoms with E-state index in [1.54, 1.807) is 20.8 Å². The Bertz CT molecular complexity index is 738. The number of hydrogen-bond donors (Lipinski definition) is 7. The minimum absolute atomic E-state index is 0.0298. The molecule has 10 N–H and O–H groups in total. The molecule has 5 atom stereocenters. The van der Waals surface area contributed by atoms with Crippen LogP contribution in [-0.4, -0.2) is 65.5 Å². The van der Waals surface area contributed by atoms with E-state index in [4.69, 9.17) is 17.2 Å². The van der Waals surface area contributed by atoms with Crippen LogP contribution in [0.2, 0.25) is 0 Å². The van der Waals surface area contributed by atoms with Crippen molar-refractivity contribution in [2.75, 3.05) is 6.54 Å². The Labute approximate surface area is 208 Å². The quantitative estimate of drug-likeness (QED) is 0.0844. The number of carboxylic acid groups (broad SMARTS) is 1. The summed E-state index contributed by atoms with van der Waals surface area (Å²) in [6.45, 7) is 11.2. The number of aliphatic carboxylic acids is 1. The predicted octanol–water partition coefficient (Wildman–Crippen LogP) is -0.345. The molecule has 0 aliphatic heterocycles. The van der Waals surface area contributed by atoms with E-state index >= 15 is 0 Å². The van der Waals surface area contributed by atoms with Crippen molar-refractivity contribution in [1.82, 2.24) is 16.0 Å². The van der Waals surface area contributed by atoms with E-state index in [0.717, 1.165) is 0 Å². The fraction of sp³-hybridized carbons (Fsp3) is 0.783. The molecule has 0 radical (unpaired) electrons. The van der Waals surface area contributed by atoms with Gasteiger partial charge in [0.2, 0.25) is 17.7 Å². The normalized spacial score (nSPS) is 15.5. The number of carboxylic acids is 1. The lowest BCUT2D eigenvalue weighted by atomic mass is 9.97. The summed E-state index contributed by atoms with van der Waals surface area (Å²) in [6, 6.07) is -3.86. The first-order chi connectivity index (χ1) is 16.2. The first kappa shape index (κ1) is 32.1. The number of nitrogens with two attached hydrogens (primary N) is 3. The average Bonchev–Trinajstić information content (AvgIpc) is 2.76. The highest BCUT2D eigenvalue weighted by atomic mass is 16.4. The van der Waals surface area contributed by atoms with Crippen LogP contribution in [-0.2, 0) is 19.2 Å². The molecule has 0 bridgehead atoms. The molecule has 202 valence electrons. The minimum Gasteiger partial charge on any atom is -0.480 e. The molecule has 0 heterocycles. The van der Waals surface area contributed by atoms with Crippen LogP contribution in [0.1, 0.15) is 67.2 Å². The first-order valence-electron chi connectivity index (χ1n) is 12.2. The van der Waals surface area contributed by atoms with E-state index in [-0.39, 0.29) is 43.1 Å². The van der Waals surface area contributed by atoms with Gasteiger partial charge in [0.1, 0.15) is 18.1 Å². The third-order valence-corrected chi connectivity index (χ3v) is 5.72. The number of guanidine groups is 1. The van der Waals surface area contributed by atoms with Gasteiger partial charge in [0, 0.05) is 6.54 Å². The van der Waals surface area contributed by atoms with Crippen LogP contribution in [0.25, 0.3) is 0 Å². The molecule has 0 aromatic rings. The number of carbonyl (C=O) groups is 4. The third-order valence-electron chi connectivity index (χ3n) is 5.72. The largest absolute Gasteiger partial charge is 0.480 e. The Morgan fingerprint density at radius 2 is 1.43 bits per heavy atom. The average molecular weight is 500 g/mol. The molecular weight excluding hydrogens is 454 g/mol. The molecular formula is C23H45N7O5. The molecule has 0 saturated heterocycles. The summed E-state index contributed by atoms with van der Waals surface area (Å²) in [5.74, 6) is -3.30. The molecule has 12 nitrogen and oxygen atoms in total. The number of nitrogens with one attached hydrogen (secondary N) is 3. The fourth-order valence-electron chi connectivity index (χ4n) is 3.26. The lowest BCUT2D eigenvalue weighted by molar-refractivity contribution is -0.144. The maximum atomic E-state index is 13.2. The van der Waals surface area contributed by atoms with Crippen molar-refractivity contribution in [1.29, 1.82) is 0 Å². The zero-order valence-electron chi connectivity index (χ0n) is 21.8. The second-order valence-electron chi connectivity index (χ2n) is 9.68. The second kappa shape index (κ2) is 15.9. The lowest BCUT2D eigenvalue weighted by Crippen LogP contribution is -2.58. The van der Waals surface area contributed by atoms with Gasteiger partial charge in [0.25, 0.3) is 0 Å². The maximum Gasteiger partial charge on any atom is 0.326 e. The van der Waals surface area contributed by atoms with Gasteiger partial charge in [-0.05, 0) is 37.0 Å². The van der Waals surface area contributed by atoms with Crippen molar-refractivity contribution in [3.63, 3.8) is 0 Å². The topological polar surface area (TPSA) is 215 Å². The standard InChI is InChI=1S/C23H45N7O5/c1-7-14(6)18(22(34)35)30-20(32)16(11-12(2)3)29-19(31)15(9-8-10-27-23(25)26)28-21(33)17(24)13(4)5/h12-18H,7-11,24H2,1-6H3,(H,28,33)(H,29,31)(H,30,32)(H,34,35)(H4,25,26,27). The van der Waals surface area contributed by atoms with E-state index in [9.17, 15) is 24.3 Å². The number of rotatable bonds is 16. The van der Waals surface area contributed by atoms with Crippen LogP contribution in [0.15, 0.2) is 4.99 Å². The summed E-state index contributed by atoms with van der Waals surface area (Å²) in [7, 11) is 0. The molecule has 0 aliphatic carbocycles. The monoisotopic (exact) mass is 499 g/mol. The van der Waals surface area contributed by atoms with Crippen molar-refractivity contribution in [3.8, 4) is 0 Å². The van der Waals surface area contributed by atoms with E-state index in [1.165, 1.54) is 0 Å². The van der Waals surface area contributed by atoms with Crippen LogP contribution in [0, 0.1) is 17.8 Å². The smallest absolute Gasteiger partial charge is 0.326 e. The van der Waals surface area contributed by atoms with Crippen molar-refractivity contribution in [3.05, 3.63) is 0 Å². The zero-order chi connectivity index (χ0) is 27.3. The molecule has 0 rings (SSSR count). The molecule has 35 heavy (non-hydrogen) atoms. The summed E-state index contributed by atoms with van der Waals surface area (Å²) in [4.78, 5) is 54.2.